The lowest BCUT2D eigenvalue weighted by atomic mass is 10.1. The van der Waals surface area contributed by atoms with Crippen molar-refractivity contribution in [1.82, 2.24) is 10.1 Å². The second kappa shape index (κ2) is 10.7. The average molecular weight is 516 g/mol. The minimum Gasteiger partial charge on any atom is -0.493 e. The summed E-state index contributed by atoms with van der Waals surface area (Å²) in [6.45, 7) is 11.3. The van der Waals surface area contributed by atoms with Gasteiger partial charge in [-0.25, -0.2) is 4.39 Å². The number of nitrogens with zero attached hydrogens (tertiary/aromatic N) is 3. The maximum atomic E-state index is 15.2. The molecule has 0 N–H and O–H groups in total. The number of hydrogen-bond acceptors (Lipinski definition) is 6. The van der Waals surface area contributed by atoms with E-state index in [2.05, 4.69) is 30.7 Å². The highest BCUT2D eigenvalue weighted by Crippen LogP contribution is 2.41. The highest BCUT2D eigenvalue weighted by molar-refractivity contribution is 7.99. The van der Waals surface area contributed by atoms with E-state index in [4.69, 9.17) is 9.26 Å². The number of rotatable bonds is 8. The van der Waals surface area contributed by atoms with E-state index in [1.807, 2.05) is 38.1 Å². The van der Waals surface area contributed by atoms with Crippen LogP contribution in [0.5, 0.6) is 5.75 Å². The highest BCUT2D eigenvalue weighted by Gasteiger charge is 2.29. The molecule has 1 aliphatic rings. The third kappa shape index (κ3) is 5.87. The lowest BCUT2D eigenvalue weighted by molar-refractivity contribution is -0.118. The van der Waals surface area contributed by atoms with Crippen molar-refractivity contribution in [2.24, 2.45) is 5.92 Å². The van der Waals surface area contributed by atoms with Crippen LogP contribution in [0.15, 0.2) is 45.8 Å². The molecule has 4 rings (SSSR count). The number of halogens is 1. The van der Waals surface area contributed by atoms with Gasteiger partial charge in [0.25, 0.3) is 0 Å². The molecular weight excluding hydrogens is 484 g/mol. The molecule has 0 saturated heterocycles. The van der Waals surface area contributed by atoms with Gasteiger partial charge in [0.05, 0.1) is 29.6 Å². The summed E-state index contributed by atoms with van der Waals surface area (Å²) in [7, 11) is 0.553. The Labute approximate surface area is 211 Å². The molecule has 1 aromatic heterocycles. The summed E-state index contributed by atoms with van der Waals surface area (Å²) in [5, 5.41) is 3.77. The van der Waals surface area contributed by atoms with Crippen LogP contribution in [0.1, 0.15) is 45.6 Å². The van der Waals surface area contributed by atoms with E-state index in [0.717, 1.165) is 16.2 Å². The Morgan fingerprint density at radius 2 is 2.00 bits per heavy atom. The van der Waals surface area contributed by atoms with Crippen molar-refractivity contribution >= 4 is 31.9 Å². The molecule has 9 heteroatoms. The number of aromatic nitrogens is 2. The molecule has 0 bridgehead atoms. The second-order valence-corrected chi connectivity index (χ2v) is 12.4. The molecule has 0 saturated carbocycles. The third-order valence-corrected chi connectivity index (χ3v) is 8.40. The summed E-state index contributed by atoms with van der Waals surface area (Å²) >= 11 is 1.48. The molecule has 186 valence electrons. The van der Waals surface area contributed by atoms with Crippen LogP contribution in [0.4, 0.5) is 10.1 Å². The van der Waals surface area contributed by atoms with Gasteiger partial charge in [0.2, 0.25) is 17.6 Å². The minimum atomic E-state index is -0.429. The van der Waals surface area contributed by atoms with Gasteiger partial charge in [-0.1, -0.05) is 31.1 Å². The average Bonchev–Trinajstić information content (AvgIpc) is 3.28. The first-order chi connectivity index (χ1) is 16.7. The van der Waals surface area contributed by atoms with Gasteiger partial charge >= 0.3 is 0 Å². The predicted molar refractivity (Wildman–Crippen MR) is 140 cm³/mol. The topological polar surface area (TPSA) is 68.5 Å². The van der Waals surface area contributed by atoms with Gasteiger partial charge in [-0.15, -0.1) is 20.3 Å². The molecule has 1 aliphatic heterocycles. The molecule has 0 fully saturated rings. The quantitative estimate of drug-likeness (QED) is 0.320. The Hall–Kier alpha value is -2.44. The molecule has 6 nitrogen and oxygen atoms in total. The van der Waals surface area contributed by atoms with E-state index < -0.39 is 5.82 Å². The number of thioether (sulfide) groups is 1. The first-order valence-corrected chi connectivity index (χ1v) is 14.2. The van der Waals surface area contributed by atoms with Crippen molar-refractivity contribution < 1.29 is 18.4 Å². The number of carbonyl (C=O) groups excluding carboxylic acids is 1. The largest absolute Gasteiger partial charge is 0.493 e. The summed E-state index contributed by atoms with van der Waals surface area (Å²) in [5.41, 5.74) is 1.86. The summed E-state index contributed by atoms with van der Waals surface area (Å²) in [6.07, 6.45) is 0.379. The van der Waals surface area contributed by atoms with Gasteiger partial charge in [0.1, 0.15) is 11.6 Å². The summed E-state index contributed by atoms with van der Waals surface area (Å²) in [5.74, 6) is 2.08. The molecule has 35 heavy (non-hydrogen) atoms. The lowest BCUT2D eigenvalue weighted by Gasteiger charge is -2.23. The Kier molecular flexibility index (Phi) is 7.82. The van der Waals surface area contributed by atoms with Crippen molar-refractivity contribution in [3.8, 4) is 17.1 Å². The Morgan fingerprint density at radius 1 is 1.26 bits per heavy atom. The molecule has 2 aromatic carbocycles. The molecule has 1 atom stereocenters. The van der Waals surface area contributed by atoms with E-state index in [1.54, 1.807) is 11.0 Å². The van der Waals surface area contributed by atoms with E-state index in [9.17, 15) is 4.79 Å². The van der Waals surface area contributed by atoms with Crippen LogP contribution in [0.25, 0.3) is 11.4 Å². The van der Waals surface area contributed by atoms with E-state index in [-0.39, 0.29) is 22.5 Å². The smallest absolute Gasteiger partial charge is 0.236 e. The van der Waals surface area contributed by atoms with E-state index in [0.29, 0.717) is 51.4 Å². The van der Waals surface area contributed by atoms with Gasteiger partial charge in [-0.05, 0) is 56.3 Å². The number of ether oxygens (including phenoxy) is 1. The maximum absolute atomic E-state index is 15.2. The van der Waals surface area contributed by atoms with Crippen molar-refractivity contribution in [2.75, 3.05) is 23.9 Å². The minimum absolute atomic E-state index is 0.00365. The Morgan fingerprint density at radius 3 is 2.69 bits per heavy atom. The molecule has 3 aromatic rings. The first-order valence-electron chi connectivity index (χ1n) is 11.7. The SMILES string of the molecule is CPC(C)(C)c1nc(-c2cc3c(cc2F)SCCC(=O)N3Cc2ccc(OCC(C)C)cc2)no1. The van der Waals surface area contributed by atoms with Gasteiger partial charge < -0.3 is 14.2 Å². The van der Waals surface area contributed by atoms with Crippen molar-refractivity contribution in [3.05, 3.63) is 53.7 Å². The maximum Gasteiger partial charge on any atom is 0.236 e. The van der Waals surface area contributed by atoms with Crippen LogP contribution in [0, 0.1) is 11.7 Å². The summed E-state index contributed by atoms with van der Waals surface area (Å²) < 4.78 is 26.4. The van der Waals surface area contributed by atoms with Gasteiger partial charge in [-0.2, -0.15) is 4.98 Å². The Balaban J connectivity index is 1.65. The molecule has 2 heterocycles. The standard InChI is InChI=1S/C26H31FN3O3PS/c1-16(2)15-32-18-8-6-17(7-9-18)14-30-21-12-19(20(27)13-22(21)35-11-10-23(30)31)24-28-25(33-29-24)26(3,4)34-5/h6-9,12-13,16,34H,10-11,14-15H2,1-5H3. The summed E-state index contributed by atoms with van der Waals surface area (Å²) in [4.78, 5) is 20.0. The molecule has 0 aliphatic carbocycles. The van der Waals surface area contributed by atoms with Crippen LogP contribution in [0.3, 0.4) is 0 Å². The van der Waals surface area contributed by atoms with Crippen LogP contribution in [0.2, 0.25) is 0 Å². The van der Waals surface area contributed by atoms with Crippen molar-refractivity contribution in [2.45, 2.75) is 50.7 Å². The number of benzene rings is 2. The third-order valence-electron chi connectivity index (χ3n) is 5.89. The molecule has 0 radical (unpaired) electrons. The van der Waals surface area contributed by atoms with Crippen molar-refractivity contribution in [3.63, 3.8) is 0 Å². The normalized spacial score (nSPS) is 14.6. The Bertz CT molecular complexity index is 1200. The van der Waals surface area contributed by atoms with E-state index >= 15 is 4.39 Å². The highest BCUT2D eigenvalue weighted by atomic mass is 32.2. The van der Waals surface area contributed by atoms with E-state index in [1.165, 1.54) is 17.8 Å². The van der Waals surface area contributed by atoms with Crippen LogP contribution in [-0.2, 0) is 16.5 Å². The second-order valence-electron chi connectivity index (χ2n) is 9.53. The molecular formula is C26H31FN3O3PS. The zero-order valence-electron chi connectivity index (χ0n) is 20.7. The molecule has 1 amide bonds. The fourth-order valence-corrected chi connectivity index (χ4v) is 4.88. The number of hydrogen-bond donors (Lipinski definition) is 0. The number of fused-ring (bicyclic) bond motifs is 1. The number of carbonyl (C=O) groups is 1. The number of anilines is 1. The summed E-state index contributed by atoms with van der Waals surface area (Å²) in [6, 6.07) is 10.9. The fourth-order valence-electron chi connectivity index (χ4n) is 3.56. The van der Waals surface area contributed by atoms with Crippen LogP contribution >= 0.6 is 20.3 Å². The van der Waals surface area contributed by atoms with Crippen LogP contribution < -0.4 is 9.64 Å². The zero-order valence-corrected chi connectivity index (χ0v) is 22.5. The van der Waals surface area contributed by atoms with Gasteiger partial charge in [-0.3, -0.25) is 4.79 Å². The monoisotopic (exact) mass is 515 g/mol. The fraction of sp³-hybridized carbons (Fsp3) is 0.423. The van der Waals surface area contributed by atoms with Crippen molar-refractivity contribution in [1.29, 1.82) is 0 Å². The van der Waals surface area contributed by atoms with Gasteiger partial charge in [0, 0.05) is 17.1 Å². The zero-order chi connectivity index (χ0) is 25.2. The number of amides is 1. The van der Waals surface area contributed by atoms with Gasteiger partial charge in [0.15, 0.2) is 0 Å². The predicted octanol–water partition coefficient (Wildman–Crippen LogP) is 6.48. The molecule has 1 unspecified atom stereocenters. The molecule has 0 spiro atoms. The van der Waals surface area contributed by atoms with Crippen LogP contribution in [-0.4, -0.2) is 35.1 Å². The lowest BCUT2D eigenvalue weighted by Crippen LogP contribution is -2.30. The first kappa shape index (κ1) is 25.6.